The first-order valence-electron chi connectivity index (χ1n) is 12.8. The minimum atomic E-state index is -1.65. The van der Waals surface area contributed by atoms with Gasteiger partial charge in [0.15, 0.2) is 17.4 Å². The molecule has 4 aliphatic rings. The highest BCUT2D eigenvalue weighted by atomic mass is 19.1. The van der Waals surface area contributed by atoms with Crippen molar-refractivity contribution >= 4 is 0 Å². The number of epoxide rings is 1. The van der Waals surface area contributed by atoms with Crippen LogP contribution < -0.4 is 0 Å². The van der Waals surface area contributed by atoms with Gasteiger partial charge in [-0.05, 0) is 122 Å². The van der Waals surface area contributed by atoms with Crippen molar-refractivity contribution in [3.63, 3.8) is 0 Å². The zero-order valence-electron chi connectivity index (χ0n) is 20.4. The average Bonchev–Trinajstić information content (AvgIpc) is 3.47. The molecule has 3 fully saturated rings. The third-order valence-electron chi connectivity index (χ3n) is 8.53. The highest BCUT2D eigenvalue weighted by Crippen LogP contribution is 2.59. The molecule has 3 heteroatoms. The van der Waals surface area contributed by atoms with Gasteiger partial charge in [-0.15, -0.1) is 6.42 Å². The van der Waals surface area contributed by atoms with Crippen molar-refractivity contribution in [3.05, 3.63) is 23.6 Å². The van der Waals surface area contributed by atoms with Gasteiger partial charge in [-0.3, -0.25) is 0 Å². The van der Waals surface area contributed by atoms with Gasteiger partial charge in [-0.1, -0.05) is 38.5 Å². The third kappa shape index (κ3) is 4.84. The van der Waals surface area contributed by atoms with Gasteiger partial charge in [0, 0.05) is 0 Å². The van der Waals surface area contributed by atoms with Crippen LogP contribution in [0.4, 0.5) is 8.78 Å². The second-order valence-corrected chi connectivity index (χ2v) is 10.5. The fraction of sp³-hybridized carbons (Fsp3) is 0.613. The molecular formula is C31H34F2O. The molecule has 2 saturated carbocycles. The SMILES string of the molecule is C#CC#CC#CC#CC1(C)OC12C(F)=CC(C1CCC(C3CCC(CCC)CC3)CC1)=CC2F. The van der Waals surface area contributed by atoms with E-state index in [1.165, 1.54) is 57.4 Å². The molecule has 0 aromatic rings. The van der Waals surface area contributed by atoms with Crippen molar-refractivity contribution in [2.75, 3.05) is 0 Å². The monoisotopic (exact) mass is 460 g/mol. The van der Waals surface area contributed by atoms with E-state index in [9.17, 15) is 0 Å². The molecule has 1 aliphatic heterocycles. The molecule has 1 saturated heterocycles. The van der Waals surface area contributed by atoms with Gasteiger partial charge in [-0.25, -0.2) is 8.78 Å². The Hall–Kier alpha value is -2.46. The van der Waals surface area contributed by atoms with Gasteiger partial charge in [0.05, 0.1) is 0 Å². The Kier molecular flexibility index (Phi) is 7.57. The van der Waals surface area contributed by atoms with E-state index in [2.05, 4.69) is 48.4 Å². The number of alkyl halides is 1. The largest absolute Gasteiger partial charge is 0.338 e. The highest BCUT2D eigenvalue weighted by molar-refractivity contribution is 5.51. The third-order valence-corrected chi connectivity index (χ3v) is 8.53. The fourth-order valence-corrected chi connectivity index (χ4v) is 6.55. The van der Waals surface area contributed by atoms with Crippen LogP contribution in [0.25, 0.3) is 0 Å². The Labute approximate surface area is 204 Å². The molecule has 34 heavy (non-hydrogen) atoms. The number of hydrogen-bond acceptors (Lipinski definition) is 1. The number of allylic oxidation sites excluding steroid dienone is 2. The first-order chi connectivity index (χ1) is 16.4. The van der Waals surface area contributed by atoms with E-state index in [0.29, 0.717) is 0 Å². The molecule has 0 aromatic carbocycles. The minimum absolute atomic E-state index is 0.228. The average molecular weight is 461 g/mol. The molecule has 1 spiro atoms. The van der Waals surface area contributed by atoms with Crippen LogP contribution in [-0.2, 0) is 4.74 Å². The molecule has 1 nitrogen and oxygen atoms in total. The first kappa shape index (κ1) is 24.7. The van der Waals surface area contributed by atoms with Gasteiger partial charge in [0.1, 0.15) is 5.83 Å². The van der Waals surface area contributed by atoms with Crippen LogP contribution in [0.15, 0.2) is 23.6 Å². The van der Waals surface area contributed by atoms with Crippen LogP contribution in [0.1, 0.15) is 78.1 Å². The second-order valence-electron chi connectivity index (χ2n) is 10.5. The summed E-state index contributed by atoms with van der Waals surface area (Å²) in [5.41, 5.74) is -2.10. The molecule has 0 N–H and O–H groups in total. The first-order valence-corrected chi connectivity index (χ1v) is 12.8. The van der Waals surface area contributed by atoms with Crippen LogP contribution in [0, 0.1) is 71.5 Å². The van der Waals surface area contributed by atoms with Crippen molar-refractivity contribution in [1.82, 2.24) is 0 Å². The summed E-state index contributed by atoms with van der Waals surface area (Å²) >= 11 is 0. The Morgan fingerprint density at radius 2 is 1.59 bits per heavy atom. The summed E-state index contributed by atoms with van der Waals surface area (Å²) in [5.74, 6) is 19.6. The van der Waals surface area contributed by atoms with Crippen molar-refractivity contribution < 1.29 is 13.5 Å². The smallest absolute Gasteiger partial charge is 0.196 e. The summed E-state index contributed by atoms with van der Waals surface area (Å²) in [6.45, 7) is 3.89. The van der Waals surface area contributed by atoms with Crippen LogP contribution in [0.5, 0.6) is 0 Å². The predicted molar refractivity (Wildman–Crippen MR) is 132 cm³/mol. The Bertz CT molecular complexity index is 1060. The van der Waals surface area contributed by atoms with Crippen molar-refractivity contribution in [1.29, 1.82) is 0 Å². The molecular weight excluding hydrogens is 426 g/mol. The van der Waals surface area contributed by atoms with Gasteiger partial charge < -0.3 is 4.74 Å². The normalized spacial score (nSPS) is 38.5. The summed E-state index contributed by atoms with van der Waals surface area (Å²) in [5, 5.41) is 0. The van der Waals surface area contributed by atoms with Crippen LogP contribution in [-0.4, -0.2) is 17.4 Å². The van der Waals surface area contributed by atoms with E-state index in [1.807, 2.05) is 0 Å². The lowest BCUT2D eigenvalue weighted by Gasteiger charge is -2.38. The summed E-state index contributed by atoms with van der Waals surface area (Å²) < 4.78 is 36.1. The lowest BCUT2D eigenvalue weighted by Crippen LogP contribution is -2.36. The van der Waals surface area contributed by atoms with E-state index in [0.717, 1.165) is 36.2 Å². The second kappa shape index (κ2) is 10.4. The van der Waals surface area contributed by atoms with Crippen molar-refractivity contribution in [3.8, 4) is 47.9 Å². The number of terminal acetylenes is 1. The number of hydrogen-bond donors (Lipinski definition) is 0. The molecule has 0 bridgehead atoms. The van der Waals surface area contributed by atoms with Crippen molar-refractivity contribution in [2.24, 2.45) is 23.7 Å². The zero-order valence-corrected chi connectivity index (χ0v) is 20.4. The van der Waals surface area contributed by atoms with E-state index >= 15 is 8.78 Å². The minimum Gasteiger partial charge on any atom is -0.338 e. The zero-order chi connectivity index (χ0) is 24.2. The molecule has 0 aromatic heterocycles. The van der Waals surface area contributed by atoms with E-state index in [1.54, 1.807) is 13.0 Å². The number of halogens is 2. The Morgan fingerprint density at radius 1 is 0.971 bits per heavy atom. The predicted octanol–water partition coefficient (Wildman–Crippen LogP) is 6.70. The summed E-state index contributed by atoms with van der Waals surface area (Å²) in [7, 11) is 0. The summed E-state index contributed by atoms with van der Waals surface area (Å²) in [4.78, 5) is 0. The van der Waals surface area contributed by atoms with Gasteiger partial charge >= 0.3 is 0 Å². The lowest BCUT2D eigenvalue weighted by atomic mass is 9.67. The fourth-order valence-electron chi connectivity index (χ4n) is 6.55. The number of ether oxygens (including phenoxy) is 1. The molecule has 3 atom stereocenters. The van der Waals surface area contributed by atoms with E-state index in [-0.39, 0.29) is 5.92 Å². The van der Waals surface area contributed by atoms with Crippen LogP contribution in [0.2, 0.25) is 0 Å². The summed E-state index contributed by atoms with van der Waals surface area (Å²) in [6.07, 6.45) is 19.1. The van der Waals surface area contributed by atoms with Crippen molar-refractivity contribution in [2.45, 2.75) is 95.4 Å². The number of rotatable bonds is 4. The van der Waals surface area contributed by atoms with Gasteiger partial charge in [0.25, 0.3) is 0 Å². The topological polar surface area (TPSA) is 12.5 Å². The quantitative estimate of drug-likeness (QED) is 0.336. The lowest BCUT2D eigenvalue weighted by molar-refractivity contribution is 0.149. The molecule has 1 heterocycles. The standard InChI is InChI=1S/C31H34F2O/c1-4-6-7-8-9-10-20-30(3)31(34-30)28(32)21-27(22-29(31)33)26-18-16-25(17-19-26)24-14-12-23(11-5-2)13-15-24/h1,21-26,28H,5,11-19H2,2-3H3. The van der Waals surface area contributed by atoms with E-state index < -0.39 is 23.2 Å². The highest BCUT2D eigenvalue weighted by Gasteiger charge is 2.74. The van der Waals surface area contributed by atoms with E-state index in [4.69, 9.17) is 11.2 Å². The van der Waals surface area contributed by atoms with Crippen LogP contribution >= 0.6 is 0 Å². The molecule has 3 unspecified atom stereocenters. The Morgan fingerprint density at radius 3 is 2.21 bits per heavy atom. The summed E-state index contributed by atoms with van der Waals surface area (Å²) in [6, 6.07) is 0. The maximum absolute atomic E-state index is 15.3. The molecule has 4 rings (SSSR count). The molecule has 3 aliphatic carbocycles. The maximum Gasteiger partial charge on any atom is 0.196 e. The van der Waals surface area contributed by atoms with Crippen LogP contribution in [0.3, 0.4) is 0 Å². The maximum atomic E-state index is 15.3. The van der Waals surface area contributed by atoms with Gasteiger partial charge in [0.2, 0.25) is 0 Å². The van der Waals surface area contributed by atoms with Gasteiger partial charge in [-0.2, -0.15) is 0 Å². The molecule has 178 valence electrons. The Balaban J connectivity index is 1.34. The molecule has 0 amide bonds. The molecule has 0 radical (unpaired) electrons.